The Bertz CT molecular complexity index is 298. The summed E-state index contributed by atoms with van der Waals surface area (Å²) in [6.45, 7) is 20.4. The van der Waals surface area contributed by atoms with Crippen molar-refractivity contribution in [3.63, 3.8) is 0 Å². The minimum absolute atomic E-state index is 0.255. The molecule has 4 heteroatoms. The van der Waals surface area contributed by atoms with Crippen molar-refractivity contribution in [3.8, 4) is 0 Å². The van der Waals surface area contributed by atoms with E-state index in [0.717, 1.165) is 24.9 Å². The lowest BCUT2D eigenvalue weighted by molar-refractivity contribution is 0.415. The van der Waals surface area contributed by atoms with Gasteiger partial charge in [0.15, 0.2) is 0 Å². The zero-order chi connectivity index (χ0) is 18.8. The van der Waals surface area contributed by atoms with Crippen LogP contribution in [0.1, 0.15) is 73.6 Å². The molecule has 1 fully saturated rings. The maximum absolute atomic E-state index is 3.64. The summed E-state index contributed by atoms with van der Waals surface area (Å²) in [5.74, 6) is 1.84. The molecule has 150 valence electrons. The lowest BCUT2D eigenvalue weighted by atomic mass is 10.1. The van der Waals surface area contributed by atoms with Gasteiger partial charge in [-0.3, -0.25) is 0 Å². The van der Waals surface area contributed by atoms with Crippen LogP contribution in [0.2, 0.25) is 0 Å². The highest BCUT2D eigenvalue weighted by Gasteiger charge is 2.35. The quantitative estimate of drug-likeness (QED) is 0.362. The molecule has 0 radical (unpaired) electrons. The van der Waals surface area contributed by atoms with Crippen LogP contribution in [-0.2, 0) is 0 Å². The van der Waals surface area contributed by atoms with E-state index in [1.54, 1.807) is 0 Å². The molecule has 4 nitrogen and oxygen atoms in total. The minimum atomic E-state index is 0.255. The Morgan fingerprint density at radius 2 is 0.960 bits per heavy atom. The van der Waals surface area contributed by atoms with Crippen molar-refractivity contribution >= 4 is 0 Å². The van der Waals surface area contributed by atoms with Crippen LogP contribution in [0.3, 0.4) is 0 Å². The van der Waals surface area contributed by atoms with E-state index in [9.17, 15) is 0 Å². The summed E-state index contributed by atoms with van der Waals surface area (Å²) in [7, 11) is 0. The lowest BCUT2D eigenvalue weighted by Crippen LogP contribution is -2.36. The van der Waals surface area contributed by atoms with Crippen molar-refractivity contribution in [1.82, 2.24) is 21.3 Å². The Morgan fingerprint density at radius 1 is 0.600 bits per heavy atom. The van der Waals surface area contributed by atoms with Crippen molar-refractivity contribution in [2.24, 2.45) is 11.8 Å². The predicted molar refractivity (Wildman–Crippen MR) is 111 cm³/mol. The normalized spacial score (nSPS) is 20.9. The molecule has 0 bridgehead atoms. The van der Waals surface area contributed by atoms with Gasteiger partial charge in [0.2, 0.25) is 0 Å². The Labute approximate surface area is 157 Å². The summed E-state index contributed by atoms with van der Waals surface area (Å²) < 4.78 is 0. The fraction of sp³-hybridized carbons (Fsp3) is 1.00. The first-order valence-corrected chi connectivity index (χ1v) is 10.6. The van der Waals surface area contributed by atoms with Crippen molar-refractivity contribution in [2.45, 2.75) is 84.7 Å². The molecule has 0 spiro atoms. The molecular weight excluding hydrogens is 308 g/mol. The molecular formula is C21H46N4. The van der Waals surface area contributed by atoms with Crippen molar-refractivity contribution in [3.05, 3.63) is 0 Å². The average molecular weight is 355 g/mol. The maximum Gasteiger partial charge on any atom is 0.00965 e. The Balaban J connectivity index is 1.80. The van der Waals surface area contributed by atoms with Gasteiger partial charge in [0.05, 0.1) is 0 Å². The van der Waals surface area contributed by atoms with E-state index in [0.29, 0.717) is 0 Å². The van der Waals surface area contributed by atoms with Gasteiger partial charge in [0.1, 0.15) is 0 Å². The first-order valence-electron chi connectivity index (χ1n) is 10.6. The van der Waals surface area contributed by atoms with Gasteiger partial charge in [0, 0.05) is 11.1 Å². The summed E-state index contributed by atoms with van der Waals surface area (Å²) in [6, 6.07) is 0. The molecule has 1 rings (SSSR count). The van der Waals surface area contributed by atoms with Crippen LogP contribution in [0.4, 0.5) is 0 Å². The van der Waals surface area contributed by atoms with Crippen molar-refractivity contribution in [2.75, 3.05) is 39.3 Å². The number of unbranched alkanes of at least 4 members (excludes halogenated alkanes) is 2. The fourth-order valence-electron chi connectivity index (χ4n) is 3.06. The highest BCUT2D eigenvalue weighted by Crippen LogP contribution is 2.37. The molecule has 1 aliphatic carbocycles. The molecule has 4 N–H and O–H groups in total. The molecule has 0 aromatic carbocycles. The summed E-state index contributed by atoms with van der Waals surface area (Å²) in [6.07, 6.45) is 6.51. The number of hydrogen-bond donors (Lipinski definition) is 4. The van der Waals surface area contributed by atoms with Crippen LogP contribution in [0.5, 0.6) is 0 Å². The zero-order valence-electron chi connectivity index (χ0n) is 17.9. The average Bonchev–Trinajstić information content (AvgIpc) is 3.21. The van der Waals surface area contributed by atoms with Gasteiger partial charge in [-0.25, -0.2) is 0 Å². The molecule has 0 aliphatic heterocycles. The first-order chi connectivity index (χ1) is 11.7. The number of nitrogens with one attached hydrogen (secondary N) is 4. The van der Waals surface area contributed by atoms with E-state index < -0.39 is 0 Å². The summed E-state index contributed by atoms with van der Waals surface area (Å²) in [4.78, 5) is 0. The summed E-state index contributed by atoms with van der Waals surface area (Å²) in [5.41, 5.74) is 0.509. The SMILES string of the molecule is CC(C)(C)NCCCCNCC1CC1CNCCCCNC(C)(C)C. The predicted octanol–water partition coefficient (Wildman–Crippen LogP) is 3.14. The topological polar surface area (TPSA) is 48.1 Å². The van der Waals surface area contributed by atoms with Crippen LogP contribution >= 0.6 is 0 Å². The van der Waals surface area contributed by atoms with Gasteiger partial charge in [-0.05, 0) is 125 Å². The summed E-state index contributed by atoms with van der Waals surface area (Å²) in [5, 5.41) is 14.4. The Morgan fingerprint density at radius 3 is 1.32 bits per heavy atom. The molecule has 0 aromatic heterocycles. The second-order valence-corrected chi connectivity index (χ2v) is 9.93. The number of hydrogen-bond acceptors (Lipinski definition) is 4. The zero-order valence-corrected chi connectivity index (χ0v) is 17.9. The molecule has 0 amide bonds. The smallest absolute Gasteiger partial charge is 0.00965 e. The van der Waals surface area contributed by atoms with Gasteiger partial charge in [-0.1, -0.05) is 0 Å². The van der Waals surface area contributed by atoms with E-state index in [-0.39, 0.29) is 11.1 Å². The molecule has 2 unspecified atom stereocenters. The first kappa shape index (κ1) is 22.9. The monoisotopic (exact) mass is 354 g/mol. The second-order valence-electron chi connectivity index (χ2n) is 9.93. The second kappa shape index (κ2) is 11.5. The van der Waals surface area contributed by atoms with E-state index in [2.05, 4.69) is 62.8 Å². The van der Waals surface area contributed by atoms with Crippen molar-refractivity contribution in [1.29, 1.82) is 0 Å². The van der Waals surface area contributed by atoms with Gasteiger partial charge in [-0.15, -0.1) is 0 Å². The highest BCUT2D eigenvalue weighted by molar-refractivity contribution is 4.89. The molecule has 0 saturated heterocycles. The Hall–Kier alpha value is -0.160. The van der Waals surface area contributed by atoms with Crippen LogP contribution in [0.25, 0.3) is 0 Å². The Kier molecular flexibility index (Phi) is 10.6. The van der Waals surface area contributed by atoms with E-state index >= 15 is 0 Å². The van der Waals surface area contributed by atoms with E-state index in [1.165, 1.54) is 58.3 Å². The maximum atomic E-state index is 3.64. The standard InChI is InChI=1S/C21H46N4/c1-20(2,3)24-13-9-7-11-22-16-18-15-19(18)17-23-12-8-10-14-25-21(4,5)6/h18-19,22-25H,7-17H2,1-6H3. The number of rotatable bonds is 14. The molecule has 1 aliphatic rings. The van der Waals surface area contributed by atoms with E-state index in [4.69, 9.17) is 0 Å². The van der Waals surface area contributed by atoms with Gasteiger partial charge < -0.3 is 21.3 Å². The molecule has 1 saturated carbocycles. The van der Waals surface area contributed by atoms with Crippen molar-refractivity contribution < 1.29 is 0 Å². The minimum Gasteiger partial charge on any atom is -0.316 e. The third kappa shape index (κ3) is 14.7. The summed E-state index contributed by atoms with van der Waals surface area (Å²) >= 11 is 0. The fourth-order valence-corrected chi connectivity index (χ4v) is 3.06. The third-order valence-electron chi connectivity index (χ3n) is 4.75. The van der Waals surface area contributed by atoms with Crippen LogP contribution in [-0.4, -0.2) is 50.3 Å². The molecule has 2 atom stereocenters. The molecule has 25 heavy (non-hydrogen) atoms. The van der Waals surface area contributed by atoms with Gasteiger partial charge >= 0.3 is 0 Å². The lowest BCUT2D eigenvalue weighted by Gasteiger charge is -2.20. The molecule has 0 aromatic rings. The van der Waals surface area contributed by atoms with Gasteiger partial charge in [-0.2, -0.15) is 0 Å². The van der Waals surface area contributed by atoms with Crippen LogP contribution < -0.4 is 21.3 Å². The van der Waals surface area contributed by atoms with Crippen LogP contribution in [0, 0.1) is 11.8 Å². The van der Waals surface area contributed by atoms with Crippen LogP contribution in [0.15, 0.2) is 0 Å². The molecule has 0 heterocycles. The van der Waals surface area contributed by atoms with Gasteiger partial charge in [0.25, 0.3) is 0 Å². The highest BCUT2D eigenvalue weighted by atomic mass is 14.9. The third-order valence-corrected chi connectivity index (χ3v) is 4.75. The largest absolute Gasteiger partial charge is 0.316 e. The van der Waals surface area contributed by atoms with E-state index in [1.807, 2.05) is 0 Å².